The first-order chi connectivity index (χ1) is 7.40. The smallest absolute Gasteiger partial charge is 0.492 e. The second kappa shape index (κ2) is 4.80. The summed E-state index contributed by atoms with van der Waals surface area (Å²) >= 11 is 0. The van der Waals surface area contributed by atoms with Gasteiger partial charge in [0, 0.05) is 5.46 Å². The molecule has 0 radical (unpaired) electrons. The van der Waals surface area contributed by atoms with Crippen LogP contribution < -0.4 is 10.2 Å². The van der Waals surface area contributed by atoms with E-state index in [-0.39, 0.29) is 16.9 Å². The van der Waals surface area contributed by atoms with Crippen LogP contribution in [0.4, 0.5) is 8.78 Å². The highest BCUT2D eigenvalue weighted by atomic mass is 19.2. The van der Waals surface area contributed by atoms with Crippen molar-refractivity contribution >= 4 is 12.6 Å². The highest BCUT2D eigenvalue weighted by molar-refractivity contribution is 6.59. The Morgan fingerprint density at radius 3 is 2.19 bits per heavy atom. The third kappa shape index (κ3) is 2.17. The lowest BCUT2D eigenvalue weighted by Gasteiger charge is -2.14. The molecule has 88 valence electrons. The molecule has 1 aromatic carbocycles. The number of ether oxygens (including phenoxy) is 1. The summed E-state index contributed by atoms with van der Waals surface area (Å²) in [4.78, 5) is 0. The highest BCUT2D eigenvalue weighted by Gasteiger charge is 2.26. The minimum Gasteiger partial charge on any atom is -0.494 e. The largest absolute Gasteiger partial charge is 0.494 e. The van der Waals surface area contributed by atoms with Gasteiger partial charge in [-0.2, -0.15) is 4.39 Å². The first kappa shape index (κ1) is 12.9. The van der Waals surface area contributed by atoms with E-state index in [1.165, 1.54) is 6.07 Å². The summed E-state index contributed by atoms with van der Waals surface area (Å²) < 4.78 is 31.7. The van der Waals surface area contributed by atoms with Crippen LogP contribution in [0.1, 0.15) is 25.3 Å². The Morgan fingerprint density at radius 2 is 1.81 bits per heavy atom. The molecule has 16 heavy (non-hydrogen) atoms. The van der Waals surface area contributed by atoms with Crippen molar-refractivity contribution in [3.05, 3.63) is 23.3 Å². The third-order valence-electron chi connectivity index (χ3n) is 2.32. The van der Waals surface area contributed by atoms with Gasteiger partial charge < -0.3 is 14.8 Å². The predicted molar refractivity (Wildman–Crippen MR) is 56.8 cm³/mol. The number of methoxy groups -OCH3 is 1. The Balaban J connectivity index is 3.49. The van der Waals surface area contributed by atoms with E-state index in [0.29, 0.717) is 0 Å². The van der Waals surface area contributed by atoms with E-state index in [4.69, 9.17) is 10.0 Å². The van der Waals surface area contributed by atoms with Crippen LogP contribution in [0, 0.1) is 11.6 Å². The molecule has 0 bridgehead atoms. The Labute approximate surface area is 92.8 Å². The van der Waals surface area contributed by atoms with Crippen LogP contribution in [0.3, 0.4) is 0 Å². The van der Waals surface area contributed by atoms with Gasteiger partial charge in [0.1, 0.15) is 0 Å². The minimum atomic E-state index is -1.90. The van der Waals surface area contributed by atoms with Gasteiger partial charge in [-0.1, -0.05) is 19.9 Å². The van der Waals surface area contributed by atoms with Gasteiger partial charge in [-0.25, -0.2) is 4.39 Å². The number of halogens is 2. The molecular weight excluding hydrogens is 217 g/mol. The van der Waals surface area contributed by atoms with E-state index in [2.05, 4.69) is 4.74 Å². The average molecular weight is 230 g/mol. The minimum absolute atomic E-state index is 0.0846. The molecule has 0 atom stereocenters. The SMILES string of the molecule is COc1c(B(O)O)cc(C(C)C)c(F)c1F. The van der Waals surface area contributed by atoms with E-state index in [1.54, 1.807) is 13.8 Å². The van der Waals surface area contributed by atoms with Crippen molar-refractivity contribution in [3.63, 3.8) is 0 Å². The maximum absolute atomic E-state index is 13.5. The number of rotatable bonds is 3. The average Bonchev–Trinajstić information content (AvgIpc) is 2.20. The molecule has 1 aromatic rings. The quantitative estimate of drug-likeness (QED) is 0.754. The first-order valence-electron chi connectivity index (χ1n) is 4.82. The van der Waals surface area contributed by atoms with E-state index in [0.717, 1.165) is 7.11 Å². The second-order valence-corrected chi connectivity index (χ2v) is 3.74. The summed E-state index contributed by atoms with van der Waals surface area (Å²) in [6.45, 7) is 3.36. The normalized spacial score (nSPS) is 10.8. The van der Waals surface area contributed by atoms with Crippen molar-refractivity contribution < 1.29 is 23.6 Å². The molecule has 0 aliphatic heterocycles. The number of hydrogen-bond donors (Lipinski definition) is 2. The van der Waals surface area contributed by atoms with E-state index < -0.39 is 24.5 Å². The van der Waals surface area contributed by atoms with Crippen molar-refractivity contribution in [2.45, 2.75) is 19.8 Å². The molecule has 1 rings (SSSR count). The molecular formula is C10H13BF2O3. The van der Waals surface area contributed by atoms with Crippen LogP contribution in [0.5, 0.6) is 5.75 Å². The highest BCUT2D eigenvalue weighted by Crippen LogP contribution is 2.25. The Bertz CT molecular complexity index is 394. The molecule has 2 N–H and O–H groups in total. The van der Waals surface area contributed by atoms with Crippen LogP contribution in [0.25, 0.3) is 0 Å². The Kier molecular flexibility index (Phi) is 3.88. The monoisotopic (exact) mass is 230 g/mol. The number of hydrogen-bond acceptors (Lipinski definition) is 3. The van der Waals surface area contributed by atoms with Crippen LogP contribution in [-0.2, 0) is 0 Å². The fraction of sp³-hybridized carbons (Fsp3) is 0.400. The zero-order valence-corrected chi connectivity index (χ0v) is 9.29. The van der Waals surface area contributed by atoms with Crippen LogP contribution in [0.2, 0.25) is 0 Å². The fourth-order valence-electron chi connectivity index (χ4n) is 1.47. The molecule has 0 heterocycles. The van der Waals surface area contributed by atoms with Crippen LogP contribution in [0.15, 0.2) is 6.07 Å². The topological polar surface area (TPSA) is 49.7 Å². The molecule has 6 heteroatoms. The predicted octanol–water partition coefficient (Wildman–Crippen LogP) is 0.777. The van der Waals surface area contributed by atoms with E-state index in [1.807, 2.05) is 0 Å². The standard InChI is InChI=1S/C10H13BF2O3/c1-5(2)6-4-7(11(14)15)10(16-3)9(13)8(6)12/h4-5,14-15H,1-3H3. The molecule has 0 aliphatic carbocycles. The number of benzene rings is 1. The van der Waals surface area contributed by atoms with Gasteiger partial charge in [-0.05, 0) is 11.5 Å². The zero-order chi connectivity index (χ0) is 12.5. The van der Waals surface area contributed by atoms with Crippen LogP contribution >= 0.6 is 0 Å². The molecule has 0 fully saturated rings. The molecule has 0 aromatic heterocycles. The first-order valence-corrected chi connectivity index (χ1v) is 4.82. The molecule has 0 saturated carbocycles. The lowest BCUT2D eigenvalue weighted by atomic mass is 9.77. The molecule has 0 amide bonds. The van der Waals surface area contributed by atoms with Crippen molar-refractivity contribution in [3.8, 4) is 5.75 Å². The second-order valence-electron chi connectivity index (χ2n) is 3.74. The lowest BCUT2D eigenvalue weighted by Crippen LogP contribution is -2.33. The van der Waals surface area contributed by atoms with Crippen molar-refractivity contribution in [2.75, 3.05) is 7.11 Å². The van der Waals surface area contributed by atoms with Crippen molar-refractivity contribution in [2.24, 2.45) is 0 Å². The van der Waals surface area contributed by atoms with Gasteiger partial charge >= 0.3 is 7.12 Å². The summed E-state index contributed by atoms with van der Waals surface area (Å²) in [6, 6.07) is 1.20. The third-order valence-corrected chi connectivity index (χ3v) is 2.32. The maximum atomic E-state index is 13.5. The lowest BCUT2D eigenvalue weighted by molar-refractivity contribution is 0.367. The maximum Gasteiger partial charge on any atom is 0.492 e. The van der Waals surface area contributed by atoms with E-state index >= 15 is 0 Å². The van der Waals surface area contributed by atoms with Gasteiger partial charge in [0.15, 0.2) is 11.6 Å². The zero-order valence-electron chi connectivity index (χ0n) is 9.29. The molecule has 0 aliphatic rings. The van der Waals surface area contributed by atoms with E-state index in [9.17, 15) is 8.78 Å². The van der Waals surface area contributed by atoms with Crippen molar-refractivity contribution in [1.29, 1.82) is 0 Å². The van der Waals surface area contributed by atoms with Gasteiger partial charge in [0.2, 0.25) is 5.82 Å². The molecule has 0 saturated heterocycles. The Hall–Kier alpha value is -1.14. The summed E-state index contributed by atoms with van der Waals surface area (Å²) in [6.07, 6.45) is 0. The summed E-state index contributed by atoms with van der Waals surface area (Å²) in [5.41, 5.74) is -0.0912. The molecule has 3 nitrogen and oxygen atoms in total. The van der Waals surface area contributed by atoms with Gasteiger partial charge in [-0.15, -0.1) is 0 Å². The Morgan fingerprint density at radius 1 is 1.25 bits per heavy atom. The summed E-state index contributed by atoms with van der Waals surface area (Å²) in [5.74, 6) is -2.96. The molecule has 0 unspecified atom stereocenters. The fourth-order valence-corrected chi connectivity index (χ4v) is 1.47. The van der Waals surface area contributed by atoms with Crippen LogP contribution in [-0.4, -0.2) is 24.3 Å². The molecule has 0 spiro atoms. The van der Waals surface area contributed by atoms with Gasteiger partial charge in [0.25, 0.3) is 0 Å². The summed E-state index contributed by atoms with van der Waals surface area (Å²) in [7, 11) is -0.763. The van der Waals surface area contributed by atoms with Gasteiger partial charge in [0.05, 0.1) is 7.11 Å². The van der Waals surface area contributed by atoms with Gasteiger partial charge in [-0.3, -0.25) is 0 Å². The summed E-state index contributed by atoms with van der Waals surface area (Å²) in [5, 5.41) is 18.1. The van der Waals surface area contributed by atoms with Crippen molar-refractivity contribution in [1.82, 2.24) is 0 Å².